The van der Waals surface area contributed by atoms with Crippen LogP contribution in [0.4, 0.5) is 4.39 Å². The molecule has 1 aromatic heterocycles. The van der Waals surface area contributed by atoms with Gasteiger partial charge in [0.1, 0.15) is 5.82 Å². The first kappa shape index (κ1) is 16.0. The van der Waals surface area contributed by atoms with Crippen LogP contribution in [0.25, 0.3) is 11.4 Å². The number of halogens is 3. The summed E-state index contributed by atoms with van der Waals surface area (Å²) in [6.07, 6.45) is 1.38. The molecule has 3 rings (SSSR count). The Morgan fingerprint density at radius 3 is 2.87 bits per heavy atom. The van der Waals surface area contributed by atoms with Gasteiger partial charge in [0.25, 0.3) is 0 Å². The van der Waals surface area contributed by atoms with E-state index in [0.717, 1.165) is 4.47 Å². The van der Waals surface area contributed by atoms with Crippen LogP contribution in [0.5, 0.6) is 0 Å². The highest BCUT2D eigenvalue weighted by atomic mass is 79.9. The molecule has 116 valence electrons. The first-order chi connectivity index (χ1) is 11.1. The van der Waals surface area contributed by atoms with Crippen LogP contribution in [0.1, 0.15) is 5.56 Å². The number of H-pyrrole nitrogens is 1. The number of aromatic amines is 1. The van der Waals surface area contributed by atoms with Crippen LogP contribution >= 0.6 is 39.7 Å². The van der Waals surface area contributed by atoms with E-state index in [1.165, 1.54) is 17.0 Å². The minimum atomic E-state index is -0.383. The number of nitrogens with zero attached hydrogens (tertiary/aromatic N) is 3. The quantitative estimate of drug-likeness (QED) is 0.484. The largest absolute Gasteiger partial charge is 0.250 e. The number of hydrogen-bond donors (Lipinski definition) is 1. The predicted octanol–water partition coefficient (Wildman–Crippen LogP) is 5.04. The maximum Gasteiger partial charge on any atom is 0.216 e. The average molecular weight is 412 g/mol. The zero-order chi connectivity index (χ0) is 16.4. The van der Waals surface area contributed by atoms with E-state index < -0.39 is 0 Å². The molecular formula is C15H9BrClFN4S. The minimum absolute atomic E-state index is 0.284. The van der Waals surface area contributed by atoms with Crippen molar-refractivity contribution in [2.45, 2.75) is 0 Å². The van der Waals surface area contributed by atoms with Crippen molar-refractivity contribution in [2.75, 3.05) is 0 Å². The summed E-state index contributed by atoms with van der Waals surface area (Å²) in [7, 11) is 0. The molecular weight excluding hydrogens is 403 g/mol. The van der Waals surface area contributed by atoms with Crippen molar-refractivity contribution in [3.05, 3.63) is 68.1 Å². The molecule has 3 aromatic rings. The van der Waals surface area contributed by atoms with E-state index in [9.17, 15) is 4.39 Å². The summed E-state index contributed by atoms with van der Waals surface area (Å²) in [5.74, 6) is 0.0681. The lowest BCUT2D eigenvalue weighted by Gasteiger charge is -2.03. The lowest BCUT2D eigenvalue weighted by molar-refractivity contribution is 0.625. The zero-order valence-corrected chi connectivity index (χ0v) is 14.7. The summed E-state index contributed by atoms with van der Waals surface area (Å²) in [5.41, 5.74) is 1.00. The Hall–Kier alpha value is -1.83. The van der Waals surface area contributed by atoms with Gasteiger partial charge < -0.3 is 0 Å². The summed E-state index contributed by atoms with van der Waals surface area (Å²) >= 11 is 14.7. The molecule has 0 bridgehead atoms. The van der Waals surface area contributed by atoms with Crippen LogP contribution in [-0.4, -0.2) is 21.1 Å². The Morgan fingerprint density at radius 1 is 1.30 bits per heavy atom. The molecule has 0 amide bonds. The van der Waals surface area contributed by atoms with Crippen LogP contribution in [0.2, 0.25) is 5.02 Å². The fourth-order valence-electron chi connectivity index (χ4n) is 1.95. The zero-order valence-electron chi connectivity index (χ0n) is 11.5. The normalized spacial score (nSPS) is 11.3. The van der Waals surface area contributed by atoms with Crippen molar-refractivity contribution in [2.24, 2.45) is 5.10 Å². The highest BCUT2D eigenvalue weighted by Gasteiger charge is 2.11. The van der Waals surface area contributed by atoms with E-state index in [4.69, 9.17) is 23.8 Å². The van der Waals surface area contributed by atoms with E-state index in [-0.39, 0.29) is 10.6 Å². The smallest absolute Gasteiger partial charge is 0.216 e. The SMILES string of the molecule is Fc1ccc(Br)cc1C=Nn1c(-c2ccccc2Cl)n[nH]c1=S. The first-order valence-electron chi connectivity index (χ1n) is 6.48. The summed E-state index contributed by atoms with van der Waals surface area (Å²) < 4.78 is 16.2. The molecule has 1 heterocycles. The van der Waals surface area contributed by atoms with Gasteiger partial charge in [-0.15, -0.1) is 0 Å². The second-order valence-corrected chi connectivity index (χ2v) is 6.26. The van der Waals surface area contributed by atoms with Crippen molar-refractivity contribution < 1.29 is 4.39 Å². The Labute approximate surface area is 149 Å². The summed E-state index contributed by atoms with van der Waals surface area (Å²) in [5, 5.41) is 11.6. The molecule has 1 N–H and O–H groups in total. The highest BCUT2D eigenvalue weighted by Crippen LogP contribution is 2.26. The molecule has 8 heteroatoms. The third kappa shape index (κ3) is 3.41. The van der Waals surface area contributed by atoms with Crippen LogP contribution in [0.3, 0.4) is 0 Å². The third-order valence-electron chi connectivity index (χ3n) is 3.04. The number of benzene rings is 2. The van der Waals surface area contributed by atoms with Gasteiger partial charge in [-0.2, -0.15) is 14.9 Å². The fraction of sp³-hybridized carbons (Fsp3) is 0. The van der Waals surface area contributed by atoms with Crippen LogP contribution in [0, 0.1) is 10.6 Å². The maximum absolute atomic E-state index is 13.8. The predicted molar refractivity (Wildman–Crippen MR) is 94.9 cm³/mol. The van der Waals surface area contributed by atoms with E-state index in [2.05, 4.69) is 31.2 Å². The summed E-state index contributed by atoms with van der Waals surface area (Å²) in [6.45, 7) is 0. The average Bonchev–Trinajstić information content (AvgIpc) is 2.89. The van der Waals surface area contributed by atoms with Gasteiger partial charge in [-0.3, -0.25) is 0 Å². The number of aromatic nitrogens is 3. The van der Waals surface area contributed by atoms with Gasteiger partial charge in [0.05, 0.1) is 11.2 Å². The van der Waals surface area contributed by atoms with Crippen molar-refractivity contribution in [3.8, 4) is 11.4 Å². The molecule has 0 aliphatic carbocycles. The maximum atomic E-state index is 13.8. The molecule has 23 heavy (non-hydrogen) atoms. The van der Waals surface area contributed by atoms with Crippen molar-refractivity contribution >= 4 is 46.0 Å². The van der Waals surface area contributed by atoms with Crippen LogP contribution < -0.4 is 0 Å². The van der Waals surface area contributed by atoms with E-state index >= 15 is 0 Å². The van der Waals surface area contributed by atoms with Gasteiger partial charge in [0.2, 0.25) is 4.77 Å². The van der Waals surface area contributed by atoms with Gasteiger partial charge in [-0.05, 0) is 42.5 Å². The lowest BCUT2D eigenvalue weighted by Crippen LogP contribution is -1.97. The molecule has 0 saturated heterocycles. The Morgan fingerprint density at radius 2 is 2.09 bits per heavy atom. The molecule has 4 nitrogen and oxygen atoms in total. The first-order valence-corrected chi connectivity index (χ1v) is 8.06. The van der Waals surface area contributed by atoms with Gasteiger partial charge in [-0.25, -0.2) is 9.49 Å². The molecule has 2 aromatic carbocycles. The standard InChI is InChI=1S/C15H9BrClFN4S/c16-10-5-6-13(18)9(7-10)8-19-22-14(20-21-15(22)23)11-3-1-2-4-12(11)17/h1-8H,(H,21,23). The summed E-state index contributed by atoms with van der Waals surface area (Å²) in [6, 6.07) is 11.8. The molecule has 0 fully saturated rings. The van der Waals surface area contributed by atoms with Crippen LogP contribution in [-0.2, 0) is 0 Å². The lowest BCUT2D eigenvalue weighted by atomic mass is 10.2. The molecule has 0 aliphatic rings. The van der Waals surface area contributed by atoms with E-state index in [1.54, 1.807) is 24.3 Å². The number of rotatable bonds is 3. The minimum Gasteiger partial charge on any atom is -0.250 e. The van der Waals surface area contributed by atoms with Crippen molar-refractivity contribution in [1.29, 1.82) is 0 Å². The van der Waals surface area contributed by atoms with Gasteiger partial charge in [0, 0.05) is 15.6 Å². The second kappa shape index (κ2) is 6.74. The Bertz CT molecular complexity index is 951. The van der Waals surface area contributed by atoms with Crippen molar-refractivity contribution in [1.82, 2.24) is 14.9 Å². The van der Waals surface area contributed by atoms with Crippen LogP contribution in [0.15, 0.2) is 52.0 Å². The second-order valence-electron chi connectivity index (χ2n) is 4.55. The number of nitrogens with one attached hydrogen (secondary N) is 1. The highest BCUT2D eigenvalue weighted by molar-refractivity contribution is 9.10. The fourth-order valence-corrected chi connectivity index (χ4v) is 2.73. The van der Waals surface area contributed by atoms with Gasteiger partial charge in [-0.1, -0.05) is 39.7 Å². The number of hydrogen-bond acceptors (Lipinski definition) is 3. The molecule has 0 atom stereocenters. The molecule has 0 saturated carbocycles. The Kier molecular flexibility index (Phi) is 4.70. The van der Waals surface area contributed by atoms with Crippen molar-refractivity contribution in [3.63, 3.8) is 0 Å². The van der Waals surface area contributed by atoms with E-state index in [1.807, 2.05) is 12.1 Å². The topological polar surface area (TPSA) is 46.0 Å². The Balaban J connectivity index is 2.06. The van der Waals surface area contributed by atoms with E-state index in [0.29, 0.717) is 22.0 Å². The monoisotopic (exact) mass is 410 g/mol. The molecule has 0 aliphatic heterocycles. The van der Waals surface area contributed by atoms with Gasteiger partial charge >= 0.3 is 0 Å². The van der Waals surface area contributed by atoms with Gasteiger partial charge in [0.15, 0.2) is 5.82 Å². The molecule has 0 unspecified atom stereocenters. The molecule has 0 radical (unpaired) electrons. The third-order valence-corrected chi connectivity index (χ3v) is 4.12. The molecule has 0 spiro atoms. The summed E-state index contributed by atoms with van der Waals surface area (Å²) in [4.78, 5) is 0.